The summed E-state index contributed by atoms with van der Waals surface area (Å²) < 4.78 is 6.25. The van der Waals surface area contributed by atoms with Crippen molar-refractivity contribution in [1.82, 2.24) is 0 Å². The molecule has 0 bridgehead atoms. The Labute approximate surface area is 158 Å². The summed E-state index contributed by atoms with van der Waals surface area (Å²) in [5.41, 5.74) is 2.02. The third kappa shape index (κ3) is 7.74. The number of nitrogens with zero attached hydrogens (tertiary/aromatic N) is 1. The minimum atomic E-state index is 0.289. The lowest BCUT2D eigenvalue weighted by Gasteiger charge is -2.19. The minimum absolute atomic E-state index is 0.289. The highest BCUT2D eigenvalue weighted by Gasteiger charge is 2.10. The van der Waals surface area contributed by atoms with E-state index in [4.69, 9.17) is 10.00 Å². The zero-order valence-corrected chi connectivity index (χ0v) is 16.0. The second kappa shape index (κ2) is 12.1. The molecule has 2 heteroatoms. The number of hydrogen-bond acceptors (Lipinski definition) is 2. The van der Waals surface area contributed by atoms with Crippen LogP contribution < -0.4 is 4.74 Å². The Morgan fingerprint density at radius 1 is 0.846 bits per heavy atom. The van der Waals surface area contributed by atoms with E-state index in [-0.39, 0.29) is 6.10 Å². The summed E-state index contributed by atoms with van der Waals surface area (Å²) in [6.07, 6.45) is 11.1. The van der Waals surface area contributed by atoms with Crippen LogP contribution in [0.5, 0.6) is 5.75 Å². The van der Waals surface area contributed by atoms with Crippen molar-refractivity contribution in [3.05, 3.63) is 65.7 Å². The molecule has 0 heterocycles. The van der Waals surface area contributed by atoms with Gasteiger partial charge in [-0.2, -0.15) is 5.26 Å². The summed E-state index contributed by atoms with van der Waals surface area (Å²) in [4.78, 5) is 0. The molecule has 0 aromatic heterocycles. The van der Waals surface area contributed by atoms with Crippen LogP contribution in [0.1, 0.15) is 69.4 Å². The van der Waals surface area contributed by atoms with Crippen molar-refractivity contribution in [2.45, 2.75) is 70.8 Å². The molecule has 0 radical (unpaired) electrons. The third-order valence-electron chi connectivity index (χ3n) is 4.75. The van der Waals surface area contributed by atoms with E-state index in [2.05, 4.69) is 25.1 Å². The summed E-state index contributed by atoms with van der Waals surface area (Å²) in [6, 6.07) is 20.3. The monoisotopic (exact) mass is 349 g/mol. The third-order valence-corrected chi connectivity index (χ3v) is 4.75. The predicted octanol–water partition coefficient (Wildman–Crippen LogP) is 6.69. The molecule has 0 amide bonds. The lowest BCUT2D eigenvalue weighted by molar-refractivity contribution is 0.174. The second-order valence-corrected chi connectivity index (χ2v) is 6.96. The summed E-state index contributed by atoms with van der Waals surface area (Å²) in [7, 11) is 0. The van der Waals surface area contributed by atoms with Gasteiger partial charge in [-0.3, -0.25) is 0 Å². The first-order valence-electron chi connectivity index (χ1n) is 10.0. The number of para-hydroxylation sites is 1. The van der Waals surface area contributed by atoms with E-state index < -0.39 is 0 Å². The van der Waals surface area contributed by atoms with Crippen molar-refractivity contribution in [1.29, 1.82) is 5.26 Å². The van der Waals surface area contributed by atoms with Crippen LogP contribution in [0, 0.1) is 11.3 Å². The summed E-state index contributed by atoms with van der Waals surface area (Å²) in [5, 5.41) is 8.89. The molecule has 0 saturated carbocycles. The maximum Gasteiger partial charge on any atom is 0.119 e. The fraction of sp³-hybridized carbons (Fsp3) is 0.458. The normalized spacial score (nSPS) is 11.7. The highest BCUT2D eigenvalue weighted by molar-refractivity contribution is 5.31. The minimum Gasteiger partial charge on any atom is -0.490 e. The van der Waals surface area contributed by atoms with Gasteiger partial charge in [-0.05, 0) is 61.9 Å². The Hall–Kier alpha value is -2.27. The van der Waals surface area contributed by atoms with Gasteiger partial charge in [0.05, 0.1) is 17.7 Å². The van der Waals surface area contributed by atoms with Crippen molar-refractivity contribution >= 4 is 0 Å². The van der Waals surface area contributed by atoms with Crippen LogP contribution in [0.3, 0.4) is 0 Å². The molecule has 0 N–H and O–H groups in total. The van der Waals surface area contributed by atoms with Gasteiger partial charge in [-0.1, -0.05) is 62.9 Å². The number of rotatable bonds is 12. The van der Waals surface area contributed by atoms with Crippen LogP contribution in [0.15, 0.2) is 54.6 Å². The first-order valence-corrected chi connectivity index (χ1v) is 10.0. The molecule has 1 unspecified atom stereocenters. The average Bonchev–Trinajstić information content (AvgIpc) is 2.69. The molecule has 0 aliphatic heterocycles. The Kier molecular flexibility index (Phi) is 9.36. The molecule has 2 aromatic carbocycles. The van der Waals surface area contributed by atoms with Gasteiger partial charge < -0.3 is 4.74 Å². The number of unbranched alkanes of at least 4 members (excludes halogenated alkanes) is 4. The maximum atomic E-state index is 8.89. The van der Waals surface area contributed by atoms with Gasteiger partial charge in [0.15, 0.2) is 0 Å². The maximum absolute atomic E-state index is 8.89. The molecule has 1 atom stereocenters. The van der Waals surface area contributed by atoms with Gasteiger partial charge in [-0.15, -0.1) is 0 Å². The number of ether oxygens (including phenoxy) is 1. The summed E-state index contributed by atoms with van der Waals surface area (Å²) >= 11 is 0. The van der Waals surface area contributed by atoms with Crippen LogP contribution in [-0.2, 0) is 6.42 Å². The molecule has 26 heavy (non-hydrogen) atoms. The van der Waals surface area contributed by atoms with E-state index in [1.807, 2.05) is 42.5 Å². The lowest BCUT2D eigenvalue weighted by atomic mass is 10.0. The Balaban J connectivity index is 1.80. The van der Waals surface area contributed by atoms with E-state index in [1.54, 1.807) is 0 Å². The molecule has 138 valence electrons. The van der Waals surface area contributed by atoms with Crippen LogP contribution in [0.4, 0.5) is 0 Å². The average molecular weight is 350 g/mol. The Bertz CT molecular complexity index is 642. The molecule has 2 aromatic rings. The van der Waals surface area contributed by atoms with Gasteiger partial charge in [0.25, 0.3) is 0 Å². The molecule has 0 aliphatic carbocycles. The summed E-state index contributed by atoms with van der Waals surface area (Å²) in [5.74, 6) is 0.976. The van der Waals surface area contributed by atoms with Crippen molar-refractivity contribution in [2.24, 2.45) is 0 Å². The fourth-order valence-corrected chi connectivity index (χ4v) is 3.21. The number of hydrogen-bond donors (Lipinski definition) is 0. The number of benzene rings is 2. The van der Waals surface area contributed by atoms with Gasteiger partial charge in [0.2, 0.25) is 0 Å². The van der Waals surface area contributed by atoms with Crippen molar-refractivity contribution < 1.29 is 4.74 Å². The van der Waals surface area contributed by atoms with E-state index in [0.717, 1.165) is 37.0 Å². The Morgan fingerprint density at radius 3 is 2.23 bits per heavy atom. The number of nitriles is 1. The first-order chi connectivity index (χ1) is 12.8. The largest absolute Gasteiger partial charge is 0.490 e. The SMILES string of the molecule is CCCCCCCC(CCCc1ccc(C#N)cc1)Oc1ccccc1. The zero-order chi connectivity index (χ0) is 18.5. The highest BCUT2D eigenvalue weighted by Crippen LogP contribution is 2.19. The lowest BCUT2D eigenvalue weighted by Crippen LogP contribution is -2.17. The van der Waals surface area contributed by atoms with Crippen LogP contribution in [0.25, 0.3) is 0 Å². The molecule has 2 rings (SSSR count). The molecule has 2 nitrogen and oxygen atoms in total. The number of aryl methyl sites for hydroxylation is 1. The topological polar surface area (TPSA) is 33.0 Å². The van der Waals surface area contributed by atoms with Crippen LogP contribution in [0.2, 0.25) is 0 Å². The van der Waals surface area contributed by atoms with E-state index in [0.29, 0.717) is 0 Å². The van der Waals surface area contributed by atoms with Crippen molar-refractivity contribution in [3.8, 4) is 11.8 Å². The fourth-order valence-electron chi connectivity index (χ4n) is 3.21. The van der Waals surface area contributed by atoms with Crippen molar-refractivity contribution in [2.75, 3.05) is 0 Å². The standard InChI is InChI=1S/C24H31NO/c1-2-3-4-5-7-12-24(26-23-13-8-6-9-14-23)15-10-11-21-16-18-22(20-25)19-17-21/h6,8-9,13-14,16-19,24H,2-5,7,10-12,15H2,1H3. The van der Waals surface area contributed by atoms with Gasteiger partial charge in [0.1, 0.15) is 5.75 Å². The molecule has 0 aliphatic rings. The van der Waals surface area contributed by atoms with E-state index in [9.17, 15) is 0 Å². The van der Waals surface area contributed by atoms with E-state index in [1.165, 1.54) is 37.7 Å². The predicted molar refractivity (Wildman–Crippen MR) is 108 cm³/mol. The van der Waals surface area contributed by atoms with Gasteiger partial charge >= 0.3 is 0 Å². The van der Waals surface area contributed by atoms with Gasteiger partial charge in [-0.25, -0.2) is 0 Å². The molecule has 0 fully saturated rings. The van der Waals surface area contributed by atoms with Crippen LogP contribution >= 0.6 is 0 Å². The Morgan fingerprint density at radius 2 is 1.54 bits per heavy atom. The van der Waals surface area contributed by atoms with Crippen molar-refractivity contribution in [3.63, 3.8) is 0 Å². The second-order valence-electron chi connectivity index (χ2n) is 6.96. The smallest absolute Gasteiger partial charge is 0.119 e. The molecule has 0 saturated heterocycles. The highest BCUT2D eigenvalue weighted by atomic mass is 16.5. The first kappa shape index (κ1) is 20.0. The summed E-state index contributed by atoms with van der Waals surface area (Å²) in [6.45, 7) is 2.25. The van der Waals surface area contributed by atoms with Gasteiger partial charge in [0, 0.05) is 0 Å². The molecule has 0 spiro atoms. The quantitative estimate of drug-likeness (QED) is 0.400. The van der Waals surface area contributed by atoms with Crippen LogP contribution in [-0.4, -0.2) is 6.10 Å². The molecular weight excluding hydrogens is 318 g/mol. The molecular formula is C24H31NO. The van der Waals surface area contributed by atoms with E-state index >= 15 is 0 Å². The zero-order valence-electron chi connectivity index (χ0n) is 16.0.